The number of nitrogens with one attached hydrogen (secondary N) is 1. The zero-order valence-corrected chi connectivity index (χ0v) is 12.2. The van der Waals surface area contributed by atoms with Crippen molar-refractivity contribution in [2.45, 2.75) is 39.0 Å². The third-order valence-electron chi connectivity index (χ3n) is 3.99. The standard InChI is InChI=1S/C15H20N4O/c1-10-8-12(9-11(2)17-10)13-18-14(20-19-13)15(3)4-6-16-7-5-15/h8-9,16H,4-7H2,1-3H3. The first-order chi connectivity index (χ1) is 9.57. The van der Waals surface area contributed by atoms with E-state index < -0.39 is 0 Å². The molecule has 20 heavy (non-hydrogen) atoms. The Morgan fingerprint density at radius 2 is 1.75 bits per heavy atom. The van der Waals surface area contributed by atoms with E-state index in [9.17, 15) is 0 Å². The highest BCUT2D eigenvalue weighted by Gasteiger charge is 2.34. The van der Waals surface area contributed by atoms with Crippen LogP contribution in [-0.4, -0.2) is 28.2 Å². The number of aromatic nitrogens is 3. The molecule has 0 amide bonds. The molecule has 1 aliphatic heterocycles. The lowest BCUT2D eigenvalue weighted by atomic mass is 9.81. The maximum atomic E-state index is 5.53. The van der Waals surface area contributed by atoms with Crippen molar-refractivity contribution < 1.29 is 4.52 Å². The molecule has 2 aromatic rings. The molecule has 1 saturated heterocycles. The molecule has 0 bridgehead atoms. The number of aryl methyl sites for hydroxylation is 2. The monoisotopic (exact) mass is 272 g/mol. The van der Waals surface area contributed by atoms with Crippen molar-refractivity contribution in [3.05, 3.63) is 29.4 Å². The van der Waals surface area contributed by atoms with Crippen LogP contribution in [0.4, 0.5) is 0 Å². The fourth-order valence-electron chi connectivity index (χ4n) is 2.74. The molecule has 1 N–H and O–H groups in total. The predicted octanol–water partition coefficient (Wildman–Crippen LogP) is 2.39. The molecule has 0 aliphatic carbocycles. The molecule has 5 heteroatoms. The Balaban J connectivity index is 1.93. The van der Waals surface area contributed by atoms with Gasteiger partial charge in [-0.25, -0.2) is 0 Å². The summed E-state index contributed by atoms with van der Waals surface area (Å²) in [6.45, 7) is 8.16. The zero-order valence-electron chi connectivity index (χ0n) is 12.2. The molecule has 3 heterocycles. The molecule has 3 rings (SSSR count). The number of nitrogens with zero attached hydrogens (tertiary/aromatic N) is 3. The quantitative estimate of drug-likeness (QED) is 0.909. The second kappa shape index (κ2) is 4.98. The fraction of sp³-hybridized carbons (Fsp3) is 0.533. The Morgan fingerprint density at radius 3 is 2.40 bits per heavy atom. The lowest BCUT2D eigenvalue weighted by Gasteiger charge is -2.30. The number of hydrogen-bond acceptors (Lipinski definition) is 5. The molecule has 106 valence electrons. The molecule has 0 spiro atoms. The van der Waals surface area contributed by atoms with Crippen LogP contribution in [0.3, 0.4) is 0 Å². The Kier molecular flexibility index (Phi) is 3.30. The molecule has 0 aromatic carbocycles. The van der Waals surface area contributed by atoms with Crippen LogP contribution in [0.15, 0.2) is 16.7 Å². The van der Waals surface area contributed by atoms with E-state index in [1.54, 1.807) is 0 Å². The molecular formula is C15H20N4O. The van der Waals surface area contributed by atoms with E-state index in [0.29, 0.717) is 5.82 Å². The van der Waals surface area contributed by atoms with Crippen molar-refractivity contribution in [2.75, 3.05) is 13.1 Å². The summed E-state index contributed by atoms with van der Waals surface area (Å²) in [6, 6.07) is 3.98. The van der Waals surface area contributed by atoms with Gasteiger partial charge in [0.15, 0.2) is 0 Å². The lowest BCUT2D eigenvalue weighted by Crippen LogP contribution is -2.37. The van der Waals surface area contributed by atoms with Gasteiger partial charge in [-0.1, -0.05) is 12.1 Å². The summed E-state index contributed by atoms with van der Waals surface area (Å²) >= 11 is 0. The number of piperidine rings is 1. The normalized spacial score (nSPS) is 18.1. The maximum Gasteiger partial charge on any atom is 0.232 e. The van der Waals surface area contributed by atoms with Gasteiger partial charge in [0.25, 0.3) is 0 Å². The van der Waals surface area contributed by atoms with Gasteiger partial charge in [-0.2, -0.15) is 4.98 Å². The topological polar surface area (TPSA) is 63.8 Å². The average Bonchev–Trinajstić information content (AvgIpc) is 2.89. The van der Waals surface area contributed by atoms with Crippen molar-refractivity contribution in [1.82, 2.24) is 20.4 Å². The summed E-state index contributed by atoms with van der Waals surface area (Å²) in [5, 5.41) is 7.52. The summed E-state index contributed by atoms with van der Waals surface area (Å²) < 4.78 is 5.53. The van der Waals surface area contributed by atoms with Gasteiger partial charge in [0, 0.05) is 22.4 Å². The molecule has 1 fully saturated rings. The minimum atomic E-state index is -0.00633. The minimum absolute atomic E-state index is 0.00633. The van der Waals surface area contributed by atoms with Gasteiger partial charge in [0.05, 0.1) is 0 Å². The van der Waals surface area contributed by atoms with E-state index in [1.165, 1.54) is 0 Å². The smallest absolute Gasteiger partial charge is 0.232 e. The van der Waals surface area contributed by atoms with Crippen LogP contribution < -0.4 is 5.32 Å². The first-order valence-electron chi connectivity index (χ1n) is 7.07. The highest BCUT2D eigenvalue weighted by Crippen LogP contribution is 2.32. The van der Waals surface area contributed by atoms with Crippen molar-refractivity contribution >= 4 is 0 Å². The van der Waals surface area contributed by atoms with Gasteiger partial charge < -0.3 is 9.84 Å². The average molecular weight is 272 g/mol. The maximum absolute atomic E-state index is 5.53. The van der Waals surface area contributed by atoms with Gasteiger partial charge in [-0.05, 0) is 51.9 Å². The fourth-order valence-corrected chi connectivity index (χ4v) is 2.74. The molecule has 0 atom stereocenters. The summed E-state index contributed by atoms with van der Waals surface area (Å²) in [5.74, 6) is 1.41. The highest BCUT2D eigenvalue weighted by atomic mass is 16.5. The van der Waals surface area contributed by atoms with E-state index in [4.69, 9.17) is 4.52 Å². The highest BCUT2D eigenvalue weighted by molar-refractivity contribution is 5.55. The molecule has 1 aliphatic rings. The molecule has 5 nitrogen and oxygen atoms in total. The Bertz CT molecular complexity index is 594. The van der Waals surface area contributed by atoms with Crippen LogP contribution in [0.5, 0.6) is 0 Å². The van der Waals surface area contributed by atoms with Crippen LogP contribution in [-0.2, 0) is 5.41 Å². The third-order valence-corrected chi connectivity index (χ3v) is 3.99. The summed E-state index contributed by atoms with van der Waals surface area (Å²) in [5.41, 5.74) is 2.91. The third kappa shape index (κ3) is 2.45. The SMILES string of the molecule is Cc1cc(-c2noc(C3(C)CCNCC3)n2)cc(C)n1. The van der Waals surface area contributed by atoms with Gasteiger partial charge >= 0.3 is 0 Å². The van der Waals surface area contributed by atoms with Gasteiger partial charge in [0.1, 0.15) is 0 Å². The minimum Gasteiger partial charge on any atom is -0.338 e. The van der Waals surface area contributed by atoms with Crippen LogP contribution >= 0.6 is 0 Å². The van der Waals surface area contributed by atoms with Crippen molar-refractivity contribution in [1.29, 1.82) is 0 Å². The van der Waals surface area contributed by atoms with Crippen LogP contribution in [0.1, 0.15) is 37.0 Å². The molecular weight excluding hydrogens is 252 g/mol. The lowest BCUT2D eigenvalue weighted by molar-refractivity contribution is 0.241. The van der Waals surface area contributed by atoms with Crippen molar-refractivity contribution in [3.8, 4) is 11.4 Å². The van der Waals surface area contributed by atoms with Crippen molar-refractivity contribution in [2.24, 2.45) is 0 Å². The molecule has 2 aromatic heterocycles. The zero-order chi connectivity index (χ0) is 14.2. The van der Waals surface area contributed by atoms with E-state index in [-0.39, 0.29) is 5.41 Å². The van der Waals surface area contributed by atoms with E-state index in [1.807, 2.05) is 26.0 Å². The van der Waals surface area contributed by atoms with Gasteiger partial charge in [-0.15, -0.1) is 0 Å². The van der Waals surface area contributed by atoms with Crippen LogP contribution in [0.25, 0.3) is 11.4 Å². The molecule has 0 radical (unpaired) electrons. The molecule has 0 saturated carbocycles. The van der Waals surface area contributed by atoms with Crippen molar-refractivity contribution in [3.63, 3.8) is 0 Å². The largest absolute Gasteiger partial charge is 0.338 e. The van der Waals surface area contributed by atoms with Gasteiger partial charge in [-0.3, -0.25) is 4.98 Å². The number of pyridine rings is 1. The Labute approximate surface area is 118 Å². The van der Waals surface area contributed by atoms with E-state index >= 15 is 0 Å². The Morgan fingerprint density at radius 1 is 1.10 bits per heavy atom. The predicted molar refractivity (Wildman–Crippen MR) is 76.5 cm³/mol. The first kappa shape index (κ1) is 13.2. The summed E-state index contributed by atoms with van der Waals surface area (Å²) in [4.78, 5) is 9.00. The van der Waals surface area contributed by atoms with Crippen LogP contribution in [0, 0.1) is 13.8 Å². The summed E-state index contributed by atoms with van der Waals surface area (Å²) in [6.07, 6.45) is 2.06. The first-order valence-corrected chi connectivity index (χ1v) is 7.07. The van der Waals surface area contributed by atoms with E-state index in [2.05, 4.69) is 27.4 Å². The van der Waals surface area contributed by atoms with Gasteiger partial charge in [0.2, 0.25) is 11.7 Å². The Hall–Kier alpha value is -1.75. The second-order valence-corrected chi connectivity index (χ2v) is 5.87. The number of hydrogen-bond donors (Lipinski definition) is 1. The van der Waals surface area contributed by atoms with Crippen LogP contribution in [0.2, 0.25) is 0 Å². The second-order valence-electron chi connectivity index (χ2n) is 5.87. The number of rotatable bonds is 2. The summed E-state index contributed by atoms with van der Waals surface area (Å²) in [7, 11) is 0. The van der Waals surface area contributed by atoms with E-state index in [0.717, 1.165) is 48.8 Å². The molecule has 0 unspecified atom stereocenters.